The van der Waals surface area contributed by atoms with E-state index in [9.17, 15) is 19.7 Å². The lowest BCUT2D eigenvalue weighted by molar-refractivity contribution is -0.385. The zero-order valence-corrected chi connectivity index (χ0v) is 14.0. The normalized spacial score (nSPS) is 19.3. The molecule has 1 fully saturated rings. The van der Waals surface area contributed by atoms with Crippen molar-refractivity contribution in [1.29, 1.82) is 0 Å². The molecule has 1 aliphatic carbocycles. The summed E-state index contributed by atoms with van der Waals surface area (Å²) < 4.78 is 10.4. The van der Waals surface area contributed by atoms with E-state index in [4.69, 9.17) is 14.6 Å². The number of nitro benzene ring substituents is 1. The highest BCUT2D eigenvalue weighted by molar-refractivity contribution is 5.99. The van der Waals surface area contributed by atoms with Gasteiger partial charge in [-0.25, -0.2) is 0 Å². The Bertz CT molecular complexity index is 689. The molecule has 0 bridgehead atoms. The fourth-order valence-electron chi connectivity index (χ4n) is 2.91. The molecular weight excluding hydrogens is 332 g/mol. The van der Waals surface area contributed by atoms with Gasteiger partial charge in [-0.05, 0) is 26.2 Å². The maximum absolute atomic E-state index is 12.5. The first kappa shape index (κ1) is 18.5. The van der Waals surface area contributed by atoms with Crippen LogP contribution >= 0.6 is 0 Å². The molecule has 0 unspecified atom stereocenters. The summed E-state index contributed by atoms with van der Waals surface area (Å²) in [6.45, 7) is 2.04. The first-order valence-electron chi connectivity index (χ1n) is 7.90. The highest BCUT2D eigenvalue weighted by atomic mass is 16.6. The molecule has 1 aromatic rings. The van der Waals surface area contributed by atoms with E-state index in [0.717, 1.165) is 6.07 Å². The third kappa shape index (κ3) is 4.17. The minimum absolute atomic E-state index is 0.145. The lowest BCUT2D eigenvalue weighted by atomic mass is 10.1. The molecule has 1 saturated carbocycles. The molecule has 0 heterocycles. The van der Waals surface area contributed by atoms with Crippen LogP contribution < -0.4 is 14.8 Å². The second-order valence-electron chi connectivity index (χ2n) is 5.73. The van der Waals surface area contributed by atoms with Gasteiger partial charge in [-0.2, -0.15) is 0 Å². The predicted molar refractivity (Wildman–Crippen MR) is 87.0 cm³/mol. The van der Waals surface area contributed by atoms with E-state index in [1.54, 1.807) is 6.92 Å². The van der Waals surface area contributed by atoms with Gasteiger partial charge in [0.1, 0.15) is 5.56 Å². The topological polar surface area (TPSA) is 128 Å². The van der Waals surface area contributed by atoms with E-state index in [1.807, 2.05) is 0 Å². The molecule has 25 heavy (non-hydrogen) atoms. The molecule has 0 radical (unpaired) electrons. The number of carbonyl (C=O) groups is 2. The Hall–Kier alpha value is -2.84. The molecule has 1 aromatic carbocycles. The van der Waals surface area contributed by atoms with Gasteiger partial charge in [0.25, 0.3) is 11.6 Å². The van der Waals surface area contributed by atoms with Gasteiger partial charge in [0.15, 0.2) is 11.5 Å². The number of amides is 1. The van der Waals surface area contributed by atoms with Gasteiger partial charge in [-0.1, -0.05) is 0 Å². The van der Waals surface area contributed by atoms with Gasteiger partial charge in [0.2, 0.25) is 0 Å². The van der Waals surface area contributed by atoms with Crippen molar-refractivity contribution >= 4 is 17.6 Å². The number of nitro groups is 1. The van der Waals surface area contributed by atoms with Crippen molar-refractivity contribution < 1.29 is 29.1 Å². The summed E-state index contributed by atoms with van der Waals surface area (Å²) in [5.41, 5.74) is -0.543. The Balaban J connectivity index is 2.26. The fraction of sp³-hybridized carbons (Fsp3) is 0.500. The first-order chi connectivity index (χ1) is 11.9. The quantitative estimate of drug-likeness (QED) is 0.567. The molecule has 0 aromatic heterocycles. The molecular formula is C16H20N2O7. The van der Waals surface area contributed by atoms with Gasteiger partial charge >= 0.3 is 5.97 Å². The second kappa shape index (κ2) is 7.82. The number of nitrogens with one attached hydrogen (secondary N) is 1. The Morgan fingerprint density at radius 1 is 1.36 bits per heavy atom. The van der Waals surface area contributed by atoms with Crippen molar-refractivity contribution in [3.8, 4) is 11.5 Å². The third-order valence-corrected chi connectivity index (χ3v) is 4.14. The lowest BCUT2D eigenvalue weighted by Gasteiger charge is -2.15. The number of methoxy groups -OCH3 is 1. The summed E-state index contributed by atoms with van der Waals surface area (Å²) in [5.74, 6) is -1.64. The van der Waals surface area contributed by atoms with E-state index in [2.05, 4.69) is 5.32 Å². The van der Waals surface area contributed by atoms with Crippen LogP contribution in [0.5, 0.6) is 11.5 Å². The maximum atomic E-state index is 12.5. The number of carboxylic acid groups (broad SMARTS) is 1. The van der Waals surface area contributed by atoms with Crippen molar-refractivity contribution in [3.05, 3.63) is 27.8 Å². The van der Waals surface area contributed by atoms with E-state index >= 15 is 0 Å². The van der Waals surface area contributed by atoms with Crippen LogP contribution in [0.2, 0.25) is 0 Å². The van der Waals surface area contributed by atoms with Crippen LogP contribution in [-0.2, 0) is 4.79 Å². The van der Waals surface area contributed by atoms with Gasteiger partial charge in [-0.15, -0.1) is 0 Å². The maximum Gasteiger partial charge on any atom is 0.306 e. The molecule has 0 spiro atoms. The Labute approximate surface area is 144 Å². The summed E-state index contributed by atoms with van der Waals surface area (Å²) in [6.07, 6.45) is 1.30. The van der Waals surface area contributed by atoms with Gasteiger partial charge in [0, 0.05) is 12.1 Å². The first-order valence-corrected chi connectivity index (χ1v) is 7.90. The van der Waals surface area contributed by atoms with Crippen molar-refractivity contribution in [2.24, 2.45) is 5.92 Å². The average Bonchev–Trinajstić information content (AvgIpc) is 3.03. The van der Waals surface area contributed by atoms with Crippen molar-refractivity contribution in [2.45, 2.75) is 32.2 Å². The number of benzene rings is 1. The molecule has 1 aliphatic rings. The highest BCUT2D eigenvalue weighted by Gasteiger charge is 2.32. The van der Waals surface area contributed by atoms with E-state index < -0.39 is 28.4 Å². The molecule has 9 heteroatoms. The standard InChI is InChI=1S/C16H20N2O7/c1-3-25-14-7-11(12(18(22)23)8-13(14)24-2)15(19)17-10-5-4-9(6-10)16(20)21/h7-10H,3-6H2,1-2H3,(H,17,19)(H,20,21)/t9-,10+/m0/s1. The minimum Gasteiger partial charge on any atom is -0.493 e. The predicted octanol–water partition coefficient (Wildman–Crippen LogP) is 1.99. The average molecular weight is 352 g/mol. The lowest BCUT2D eigenvalue weighted by Crippen LogP contribution is -2.33. The molecule has 0 saturated heterocycles. The van der Waals surface area contributed by atoms with E-state index in [1.165, 1.54) is 13.2 Å². The monoisotopic (exact) mass is 352 g/mol. The fourth-order valence-corrected chi connectivity index (χ4v) is 2.91. The van der Waals surface area contributed by atoms with Crippen molar-refractivity contribution in [3.63, 3.8) is 0 Å². The van der Waals surface area contributed by atoms with Crippen LogP contribution in [0.1, 0.15) is 36.5 Å². The molecule has 1 amide bonds. The summed E-state index contributed by atoms with van der Waals surface area (Å²) in [6, 6.07) is 2.10. The SMILES string of the molecule is CCOc1cc(C(=O)N[C@@H]2CC[C@H](C(=O)O)C2)c([N+](=O)[O-])cc1OC. The zero-order chi connectivity index (χ0) is 18.6. The third-order valence-electron chi connectivity index (χ3n) is 4.14. The van der Waals surface area contributed by atoms with Crippen LogP contribution in [0.4, 0.5) is 5.69 Å². The Morgan fingerprint density at radius 2 is 2.08 bits per heavy atom. The number of nitrogens with zero attached hydrogens (tertiary/aromatic N) is 1. The van der Waals surface area contributed by atoms with Crippen molar-refractivity contribution in [2.75, 3.05) is 13.7 Å². The second-order valence-corrected chi connectivity index (χ2v) is 5.73. The molecule has 2 atom stereocenters. The van der Waals surface area contributed by atoms with E-state index in [0.29, 0.717) is 25.9 Å². The molecule has 2 N–H and O–H groups in total. The zero-order valence-electron chi connectivity index (χ0n) is 14.0. The summed E-state index contributed by atoms with van der Waals surface area (Å²) in [5, 5.41) is 23.0. The summed E-state index contributed by atoms with van der Waals surface area (Å²) in [7, 11) is 1.35. The van der Waals surface area contributed by atoms with Crippen LogP contribution in [0.25, 0.3) is 0 Å². The molecule has 0 aliphatic heterocycles. The van der Waals surface area contributed by atoms with E-state index in [-0.39, 0.29) is 23.1 Å². The number of hydrogen-bond donors (Lipinski definition) is 2. The van der Waals surface area contributed by atoms with Crippen molar-refractivity contribution in [1.82, 2.24) is 5.32 Å². The summed E-state index contributed by atoms with van der Waals surface area (Å²) in [4.78, 5) is 34.1. The molecule has 2 rings (SSSR count). The number of rotatable bonds is 7. The van der Waals surface area contributed by atoms with Crippen LogP contribution in [0, 0.1) is 16.0 Å². The van der Waals surface area contributed by atoms with Crippen LogP contribution in [0.3, 0.4) is 0 Å². The van der Waals surface area contributed by atoms with Crippen LogP contribution in [0.15, 0.2) is 12.1 Å². The molecule has 136 valence electrons. The largest absolute Gasteiger partial charge is 0.493 e. The smallest absolute Gasteiger partial charge is 0.306 e. The highest BCUT2D eigenvalue weighted by Crippen LogP contribution is 2.35. The number of carboxylic acids is 1. The van der Waals surface area contributed by atoms with Crippen LogP contribution in [-0.4, -0.2) is 41.7 Å². The Morgan fingerprint density at radius 3 is 2.60 bits per heavy atom. The number of carbonyl (C=O) groups excluding carboxylic acids is 1. The van der Waals surface area contributed by atoms with Gasteiger partial charge in [-0.3, -0.25) is 19.7 Å². The van der Waals surface area contributed by atoms with Gasteiger partial charge < -0.3 is 19.9 Å². The van der Waals surface area contributed by atoms with Gasteiger partial charge in [0.05, 0.1) is 30.6 Å². The number of hydrogen-bond acceptors (Lipinski definition) is 6. The molecule has 9 nitrogen and oxygen atoms in total. The number of ether oxygens (including phenoxy) is 2. The Kier molecular flexibility index (Phi) is 5.79. The summed E-state index contributed by atoms with van der Waals surface area (Å²) >= 11 is 0. The minimum atomic E-state index is -0.897. The number of aliphatic carboxylic acids is 1.